The maximum absolute atomic E-state index is 13.0. The normalized spacial score (nSPS) is 17.0. The summed E-state index contributed by atoms with van der Waals surface area (Å²) in [6, 6.07) is 9.97. The summed E-state index contributed by atoms with van der Waals surface area (Å²) in [7, 11) is 1.66. The van der Waals surface area contributed by atoms with Gasteiger partial charge in [0.1, 0.15) is 5.82 Å². The van der Waals surface area contributed by atoms with Gasteiger partial charge in [-0.1, -0.05) is 0 Å². The maximum Gasteiger partial charge on any atom is 0.224 e. The highest BCUT2D eigenvalue weighted by molar-refractivity contribution is 5.79. The molecule has 1 aromatic carbocycles. The zero-order valence-electron chi connectivity index (χ0n) is 15.5. The van der Waals surface area contributed by atoms with E-state index in [9.17, 15) is 9.18 Å². The van der Waals surface area contributed by atoms with Crippen LogP contribution in [-0.2, 0) is 9.53 Å². The molecule has 0 spiro atoms. The van der Waals surface area contributed by atoms with Gasteiger partial charge in [0.05, 0.1) is 11.6 Å². The molecule has 0 saturated carbocycles. The Morgan fingerprint density at radius 1 is 1.26 bits per heavy atom. The number of carbonyl (C=O) groups excluding carboxylic acids is 1. The van der Waals surface area contributed by atoms with Crippen LogP contribution >= 0.6 is 0 Å². The number of ether oxygens (including phenoxy) is 1. The van der Waals surface area contributed by atoms with Gasteiger partial charge in [0, 0.05) is 38.9 Å². The molecule has 144 valence electrons. The Labute approximate surface area is 158 Å². The van der Waals surface area contributed by atoms with Gasteiger partial charge in [0.2, 0.25) is 5.91 Å². The summed E-state index contributed by atoms with van der Waals surface area (Å²) >= 11 is 0. The van der Waals surface area contributed by atoms with Gasteiger partial charge in [-0.3, -0.25) is 4.79 Å². The first-order valence-electron chi connectivity index (χ1n) is 9.28. The number of rotatable bonds is 7. The third-order valence-electron chi connectivity index (χ3n) is 4.73. The maximum atomic E-state index is 13.0. The van der Waals surface area contributed by atoms with Crippen LogP contribution in [0.15, 0.2) is 36.4 Å². The van der Waals surface area contributed by atoms with Crippen LogP contribution in [0.1, 0.15) is 19.3 Å². The van der Waals surface area contributed by atoms with Crippen LogP contribution in [0.3, 0.4) is 0 Å². The lowest BCUT2D eigenvalue weighted by Crippen LogP contribution is -2.43. The van der Waals surface area contributed by atoms with E-state index in [1.165, 1.54) is 12.1 Å². The van der Waals surface area contributed by atoms with Crippen molar-refractivity contribution in [2.75, 3.05) is 38.3 Å². The highest BCUT2D eigenvalue weighted by Crippen LogP contribution is 2.23. The number of carbonyl (C=O) groups is 1. The van der Waals surface area contributed by atoms with E-state index in [2.05, 4.69) is 20.4 Å². The number of aromatic nitrogens is 2. The Bertz CT molecular complexity index is 737. The molecule has 3 rings (SSSR count). The second-order valence-electron chi connectivity index (χ2n) is 6.71. The number of anilines is 1. The lowest BCUT2D eigenvalue weighted by atomic mass is 9.97. The molecular weight excluding hydrogens is 347 g/mol. The van der Waals surface area contributed by atoms with E-state index in [1.807, 2.05) is 12.1 Å². The molecule has 1 saturated heterocycles. The second kappa shape index (κ2) is 9.41. The van der Waals surface area contributed by atoms with E-state index >= 15 is 0 Å². The number of methoxy groups -OCH3 is 1. The van der Waals surface area contributed by atoms with Gasteiger partial charge in [-0.25, -0.2) is 4.39 Å². The van der Waals surface area contributed by atoms with Crippen molar-refractivity contribution in [2.24, 2.45) is 5.92 Å². The Morgan fingerprint density at radius 2 is 2.07 bits per heavy atom. The molecule has 1 amide bonds. The zero-order valence-corrected chi connectivity index (χ0v) is 15.5. The topological polar surface area (TPSA) is 67.3 Å². The van der Waals surface area contributed by atoms with E-state index in [-0.39, 0.29) is 17.6 Å². The van der Waals surface area contributed by atoms with Gasteiger partial charge in [0.25, 0.3) is 0 Å². The molecule has 27 heavy (non-hydrogen) atoms. The van der Waals surface area contributed by atoms with Gasteiger partial charge in [-0.05, 0) is 55.7 Å². The van der Waals surface area contributed by atoms with Crippen LogP contribution in [0.4, 0.5) is 10.2 Å². The monoisotopic (exact) mass is 372 g/mol. The quantitative estimate of drug-likeness (QED) is 0.757. The van der Waals surface area contributed by atoms with Crippen molar-refractivity contribution in [3.8, 4) is 11.3 Å². The van der Waals surface area contributed by atoms with E-state index < -0.39 is 0 Å². The number of amides is 1. The van der Waals surface area contributed by atoms with Gasteiger partial charge < -0.3 is 15.0 Å². The summed E-state index contributed by atoms with van der Waals surface area (Å²) in [5, 5.41) is 11.6. The molecule has 1 aliphatic rings. The first kappa shape index (κ1) is 19.2. The summed E-state index contributed by atoms with van der Waals surface area (Å²) in [5.74, 6) is 0.535. The molecule has 6 nitrogen and oxygen atoms in total. The van der Waals surface area contributed by atoms with Gasteiger partial charge in [-0.2, -0.15) is 0 Å². The lowest BCUT2D eigenvalue weighted by Gasteiger charge is -2.32. The number of nitrogens with zero attached hydrogens (tertiary/aromatic N) is 3. The Morgan fingerprint density at radius 3 is 2.78 bits per heavy atom. The summed E-state index contributed by atoms with van der Waals surface area (Å²) in [4.78, 5) is 14.5. The van der Waals surface area contributed by atoms with Crippen LogP contribution in [-0.4, -0.2) is 49.5 Å². The smallest absolute Gasteiger partial charge is 0.224 e. The molecule has 1 atom stereocenters. The predicted octanol–water partition coefficient (Wildman–Crippen LogP) is 2.65. The second-order valence-corrected chi connectivity index (χ2v) is 6.71. The predicted molar refractivity (Wildman–Crippen MR) is 102 cm³/mol. The van der Waals surface area contributed by atoms with E-state index in [1.54, 1.807) is 19.2 Å². The van der Waals surface area contributed by atoms with Crippen molar-refractivity contribution in [3.05, 3.63) is 42.2 Å². The third kappa shape index (κ3) is 5.23. The van der Waals surface area contributed by atoms with Crippen molar-refractivity contribution in [1.29, 1.82) is 0 Å². The summed E-state index contributed by atoms with van der Waals surface area (Å²) in [6.45, 7) is 2.78. The molecule has 1 unspecified atom stereocenters. The molecule has 0 bridgehead atoms. The van der Waals surface area contributed by atoms with E-state index in [0.29, 0.717) is 25.4 Å². The number of hydrogen-bond donors (Lipinski definition) is 1. The standard InChI is InChI=1S/C20H25FN4O2/c1-27-13-3-11-22-20(26)16-4-2-12-25(14-16)19-10-9-18(23-24-19)15-5-7-17(21)8-6-15/h5-10,16H,2-4,11-14H2,1H3,(H,22,26). The number of nitrogens with one attached hydrogen (secondary N) is 1. The van der Waals surface area contributed by atoms with Crippen molar-refractivity contribution < 1.29 is 13.9 Å². The minimum absolute atomic E-state index is 0.0418. The summed E-state index contributed by atoms with van der Waals surface area (Å²) in [6.07, 6.45) is 2.64. The minimum atomic E-state index is -0.275. The average Bonchev–Trinajstić information content (AvgIpc) is 2.72. The fourth-order valence-electron chi connectivity index (χ4n) is 3.24. The fourth-order valence-corrected chi connectivity index (χ4v) is 3.24. The van der Waals surface area contributed by atoms with Crippen LogP contribution < -0.4 is 10.2 Å². The molecule has 1 aromatic heterocycles. The van der Waals surface area contributed by atoms with E-state index in [4.69, 9.17) is 4.74 Å². The Hall–Kier alpha value is -2.54. The SMILES string of the molecule is COCCCNC(=O)C1CCCN(c2ccc(-c3ccc(F)cc3)nn2)C1. The lowest BCUT2D eigenvalue weighted by molar-refractivity contribution is -0.125. The number of benzene rings is 1. The molecule has 1 N–H and O–H groups in total. The van der Waals surface area contributed by atoms with Gasteiger partial charge in [0.15, 0.2) is 5.82 Å². The molecular formula is C20H25FN4O2. The van der Waals surface area contributed by atoms with Crippen LogP contribution in [0, 0.1) is 11.7 Å². The zero-order chi connectivity index (χ0) is 19.1. The van der Waals surface area contributed by atoms with Crippen molar-refractivity contribution in [1.82, 2.24) is 15.5 Å². The van der Waals surface area contributed by atoms with Gasteiger partial charge >= 0.3 is 0 Å². The minimum Gasteiger partial charge on any atom is -0.385 e. The van der Waals surface area contributed by atoms with Crippen LogP contribution in [0.25, 0.3) is 11.3 Å². The van der Waals surface area contributed by atoms with E-state index in [0.717, 1.165) is 37.2 Å². The fraction of sp³-hybridized carbons (Fsp3) is 0.450. The highest BCUT2D eigenvalue weighted by Gasteiger charge is 2.26. The molecule has 1 fully saturated rings. The first-order valence-corrected chi connectivity index (χ1v) is 9.28. The van der Waals surface area contributed by atoms with Gasteiger partial charge in [-0.15, -0.1) is 10.2 Å². The number of hydrogen-bond acceptors (Lipinski definition) is 5. The van der Waals surface area contributed by atoms with Crippen LogP contribution in [0.2, 0.25) is 0 Å². The highest BCUT2D eigenvalue weighted by atomic mass is 19.1. The van der Waals surface area contributed by atoms with Crippen LogP contribution in [0.5, 0.6) is 0 Å². The molecule has 2 heterocycles. The molecule has 1 aliphatic heterocycles. The molecule has 0 aliphatic carbocycles. The summed E-state index contributed by atoms with van der Waals surface area (Å²) in [5.41, 5.74) is 1.52. The molecule has 7 heteroatoms. The van der Waals surface area contributed by atoms with Crippen molar-refractivity contribution in [2.45, 2.75) is 19.3 Å². The Kier molecular flexibility index (Phi) is 6.70. The third-order valence-corrected chi connectivity index (χ3v) is 4.73. The Balaban J connectivity index is 1.59. The summed E-state index contributed by atoms with van der Waals surface area (Å²) < 4.78 is 18.0. The number of halogens is 1. The largest absolute Gasteiger partial charge is 0.385 e. The molecule has 2 aromatic rings. The number of piperidine rings is 1. The van der Waals surface area contributed by atoms with Crippen molar-refractivity contribution in [3.63, 3.8) is 0 Å². The van der Waals surface area contributed by atoms with Crippen molar-refractivity contribution >= 4 is 11.7 Å². The molecule has 0 radical (unpaired) electrons. The first-order chi connectivity index (χ1) is 13.2. The average molecular weight is 372 g/mol.